The van der Waals surface area contributed by atoms with E-state index < -0.39 is 0 Å². The number of methoxy groups -OCH3 is 1. The molecule has 0 aliphatic carbocycles. The van der Waals surface area contributed by atoms with E-state index in [9.17, 15) is 9.59 Å². The summed E-state index contributed by atoms with van der Waals surface area (Å²) in [6.45, 7) is 1.11. The second kappa shape index (κ2) is 5.20. The second-order valence-corrected chi connectivity index (χ2v) is 3.67. The third kappa shape index (κ3) is 2.61. The summed E-state index contributed by atoms with van der Waals surface area (Å²) in [4.78, 5) is 24.2. The molecule has 0 spiro atoms. The molecular formula is C9H14ClNO3. The molecule has 1 saturated heterocycles. The second-order valence-electron chi connectivity index (χ2n) is 3.29. The summed E-state index contributed by atoms with van der Waals surface area (Å²) in [6, 6.07) is 0. The Morgan fingerprint density at radius 3 is 2.86 bits per heavy atom. The van der Waals surface area contributed by atoms with E-state index in [4.69, 9.17) is 11.6 Å². The Kier molecular flexibility index (Phi) is 4.20. The van der Waals surface area contributed by atoms with Crippen molar-refractivity contribution in [2.75, 3.05) is 26.1 Å². The van der Waals surface area contributed by atoms with Crippen molar-refractivity contribution >= 4 is 23.5 Å². The van der Waals surface area contributed by atoms with Crippen molar-refractivity contribution < 1.29 is 14.3 Å². The van der Waals surface area contributed by atoms with Gasteiger partial charge in [0.05, 0.1) is 13.0 Å². The fourth-order valence-electron chi connectivity index (χ4n) is 1.58. The van der Waals surface area contributed by atoms with Crippen molar-refractivity contribution in [3.05, 3.63) is 0 Å². The minimum atomic E-state index is -0.230. The zero-order valence-corrected chi connectivity index (χ0v) is 8.92. The van der Waals surface area contributed by atoms with E-state index in [2.05, 4.69) is 4.74 Å². The van der Waals surface area contributed by atoms with Crippen molar-refractivity contribution in [1.82, 2.24) is 4.90 Å². The van der Waals surface area contributed by atoms with Gasteiger partial charge in [-0.05, 0) is 6.42 Å². The molecule has 4 nitrogen and oxygen atoms in total. The van der Waals surface area contributed by atoms with Gasteiger partial charge in [-0.3, -0.25) is 9.59 Å². The molecule has 5 heteroatoms. The van der Waals surface area contributed by atoms with Crippen LogP contribution in [-0.4, -0.2) is 42.9 Å². The number of halogens is 1. The van der Waals surface area contributed by atoms with E-state index in [1.807, 2.05) is 0 Å². The summed E-state index contributed by atoms with van der Waals surface area (Å²) >= 11 is 5.46. The molecule has 14 heavy (non-hydrogen) atoms. The highest BCUT2D eigenvalue weighted by atomic mass is 35.5. The average molecular weight is 220 g/mol. The van der Waals surface area contributed by atoms with Crippen molar-refractivity contribution in [2.45, 2.75) is 12.8 Å². The standard InChI is InChI=1S/C9H14ClNO3/c1-14-9(13)7-3-5-11(6-7)8(12)2-4-10/h7H,2-6H2,1H3. The van der Waals surface area contributed by atoms with Gasteiger partial charge in [0.2, 0.25) is 5.91 Å². The lowest BCUT2D eigenvalue weighted by Crippen LogP contribution is -2.30. The summed E-state index contributed by atoms with van der Waals surface area (Å²) < 4.78 is 4.62. The van der Waals surface area contributed by atoms with E-state index in [-0.39, 0.29) is 17.8 Å². The molecule has 0 bridgehead atoms. The Balaban J connectivity index is 2.41. The average Bonchev–Trinajstić information content (AvgIpc) is 2.66. The van der Waals surface area contributed by atoms with E-state index in [0.29, 0.717) is 31.8 Å². The summed E-state index contributed by atoms with van der Waals surface area (Å²) in [7, 11) is 1.37. The van der Waals surface area contributed by atoms with Gasteiger partial charge in [-0.25, -0.2) is 0 Å². The third-order valence-electron chi connectivity index (χ3n) is 2.38. The van der Waals surface area contributed by atoms with Gasteiger partial charge in [0.1, 0.15) is 0 Å². The molecule has 0 saturated carbocycles. The number of ether oxygens (including phenoxy) is 1. The molecule has 1 aliphatic rings. The molecule has 1 rings (SSSR count). The normalized spacial score (nSPS) is 21.0. The molecule has 0 aromatic rings. The van der Waals surface area contributed by atoms with Gasteiger partial charge in [0.15, 0.2) is 0 Å². The minimum Gasteiger partial charge on any atom is -0.469 e. The quantitative estimate of drug-likeness (QED) is 0.517. The van der Waals surface area contributed by atoms with Crippen molar-refractivity contribution in [3.8, 4) is 0 Å². The zero-order valence-electron chi connectivity index (χ0n) is 8.16. The van der Waals surface area contributed by atoms with Gasteiger partial charge in [0, 0.05) is 25.4 Å². The summed E-state index contributed by atoms with van der Waals surface area (Å²) in [5, 5.41) is 0. The van der Waals surface area contributed by atoms with Gasteiger partial charge in [0.25, 0.3) is 0 Å². The van der Waals surface area contributed by atoms with Gasteiger partial charge in [-0.2, -0.15) is 0 Å². The minimum absolute atomic E-state index is 0.0198. The van der Waals surface area contributed by atoms with Gasteiger partial charge >= 0.3 is 5.97 Å². The maximum absolute atomic E-state index is 11.4. The molecule has 0 radical (unpaired) electrons. The third-order valence-corrected chi connectivity index (χ3v) is 2.57. The van der Waals surface area contributed by atoms with E-state index in [1.165, 1.54) is 7.11 Å². The monoisotopic (exact) mass is 219 g/mol. The Morgan fingerprint density at radius 1 is 1.57 bits per heavy atom. The number of alkyl halides is 1. The first-order valence-corrected chi connectivity index (χ1v) is 5.14. The van der Waals surface area contributed by atoms with Gasteiger partial charge in [-0.1, -0.05) is 0 Å². The first-order chi connectivity index (χ1) is 6.69. The number of amides is 1. The van der Waals surface area contributed by atoms with Crippen LogP contribution in [0.5, 0.6) is 0 Å². The number of rotatable bonds is 3. The van der Waals surface area contributed by atoms with Crippen LogP contribution in [0, 0.1) is 5.92 Å². The molecule has 1 heterocycles. The van der Waals surface area contributed by atoms with Crippen LogP contribution in [0.25, 0.3) is 0 Å². The fourth-order valence-corrected chi connectivity index (χ4v) is 1.75. The molecule has 1 atom stereocenters. The number of hydrogen-bond donors (Lipinski definition) is 0. The number of carbonyl (C=O) groups excluding carboxylic acids is 2. The topological polar surface area (TPSA) is 46.6 Å². The van der Waals surface area contributed by atoms with Crippen LogP contribution in [0.3, 0.4) is 0 Å². The van der Waals surface area contributed by atoms with Crippen molar-refractivity contribution in [2.24, 2.45) is 5.92 Å². The molecule has 0 aromatic carbocycles. The van der Waals surface area contributed by atoms with E-state index in [0.717, 1.165) is 0 Å². The Morgan fingerprint density at radius 2 is 2.29 bits per heavy atom. The number of hydrogen-bond acceptors (Lipinski definition) is 3. The maximum Gasteiger partial charge on any atom is 0.310 e. The highest BCUT2D eigenvalue weighted by molar-refractivity contribution is 6.18. The Labute approximate surface area is 88.2 Å². The SMILES string of the molecule is COC(=O)C1CCN(C(=O)CCCl)C1. The highest BCUT2D eigenvalue weighted by Crippen LogP contribution is 2.18. The van der Waals surface area contributed by atoms with Crippen LogP contribution < -0.4 is 0 Å². The van der Waals surface area contributed by atoms with Crippen LogP contribution in [0.4, 0.5) is 0 Å². The molecule has 0 aromatic heterocycles. The first-order valence-electron chi connectivity index (χ1n) is 4.60. The lowest BCUT2D eigenvalue weighted by molar-refractivity contribution is -0.145. The number of carbonyl (C=O) groups is 2. The lowest BCUT2D eigenvalue weighted by atomic mass is 10.1. The Hall–Kier alpha value is -0.770. The zero-order chi connectivity index (χ0) is 10.6. The summed E-state index contributed by atoms with van der Waals surface area (Å²) in [5.74, 6) is -0.0325. The van der Waals surface area contributed by atoms with Crippen LogP contribution in [-0.2, 0) is 14.3 Å². The molecule has 80 valence electrons. The van der Waals surface area contributed by atoms with E-state index in [1.54, 1.807) is 4.90 Å². The molecule has 1 unspecified atom stereocenters. The molecule has 1 fully saturated rings. The number of likely N-dealkylation sites (tertiary alicyclic amines) is 1. The van der Waals surface area contributed by atoms with Crippen LogP contribution in [0.15, 0.2) is 0 Å². The smallest absolute Gasteiger partial charge is 0.310 e. The maximum atomic E-state index is 11.4. The summed E-state index contributed by atoms with van der Waals surface area (Å²) in [5.41, 5.74) is 0. The predicted molar refractivity (Wildman–Crippen MR) is 52.0 cm³/mol. The Bertz CT molecular complexity index is 232. The molecule has 1 aliphatic heterocycles. The molecular weight excluding hydrogens is 206 g/mol. The van der Waals surface area contributed by atoms with Crippen LogP contribution in [0.1, 0.15) is 12.8 Å². The van der Waals surface area contributed by atoms with Crippen molar-refractivity contribution in [1.29, 1.82) is 0 Å². The van der Waals surface area contributed by atoms with Gasteiger partial charge in [-0.15, -0.1) is 11.6 Å². The van der Waals surface area contributed by atoms with E-state index >= 15 is 0 Å². The largest absolute Gasteiger partial charge is 0.469 e. The van der Waals surface area contributed by atoms with Crippen LogP contribution >= 0.6 is 11.6 Å². The van der Waals surface area contributed by atoms with Crippen molar-refractivity contribution in [3.63, 3.8) is 0 Å². The summed E-state index contributed by atoms with van der Waals surface area (Å²) in [6.07, 6.45) is 1.04. The lowest BCUT2D eigenvalue weighted by Gasteiger charge is -2.14. The molecule has 0 N–H and O–H groups in total. The molecule has 1 amide bonds. The predicted octanol–water partition coefficient (Wildman–Crippen LogP) is 0.637. The highest BCUT2D eigenvalue weighted by Gasteiger charge is 2.31. The van der Waals surface area contributed by atoms with Crippen LogP contribution in [0.2, 0.25) is 0 Å². The fraction of sp³-hybridized carbons (Fsp3) is 0.778. The number of esters is 1. The van der Waals surface area contributed by atoms with Gasteiger partial charge < -0.3 is 9.64 Å². The number of nitrogens with zero attached hydrogens (tertiary/aromatic N) is 1. The first kappa shape index (κ1) is 11.3.